The molecule has 1 aromatic carbocycles. The van der Waals surface area contributed by atoms with Crippen LogP contribution >= 0.6 is 12.2 Å². The summed E-state index contributed by atoms with van der Waals surface area (Å²) in [6.07, 6.45) is 4.43. The fraction of sp³-hybridized carbons (Fsp3) is 0.640. The molecule has 1 aliphatic carbocycles. The number of nitrogens with zero attached hydrogens (tertiary/aromatic N) is 5. The summed E-state index contributed by atoms with van der Waals surface area (Å²) in [5.41, 5.74) is 1.25. The van der Waals surface area contributed by atoms with Crippen LogP contribution in [0.15, 0.2) is 30.3 Å². The van der Waals surface area contributed by atoms with Gasteiger partial charge in [-0.1, -0.05) is 30.3 Å². The van der Waals surface area contributed by atoms with Gasteiger partial charge in [-0.2, -0.15) is 5.10 Å². The lowest BCUT2D eigenvalue weighted by atomic mass is 9.95. The molecule has 1 aromatic heterocycles. The maximum Gasteiger partial charge on any atom is 0.225 e. The highest BCUT2D eigenvalue weighted by Crippen LogP contribution is 2.39. The Balaban J connectivity index is 1.22. The van der Waals surface area contributed by atoms with Crippen molar-refractivity contribution in [2.45, 2.75) is 70.9 Å². The summed E-state index contributed by atoms with van der Waals surface area (Å²) in [6.45, 7) is 8.80. The summed E-state index contributed by atoms with van der Waals surface area (Å²) in [5.74, 6) is 2.09. The van der Waals surface area contributed by atoms with E-state index in [9.17, 15) is 4.79 Å². The van der Waals surface area contributed by atoms with Crippen molar-refractivity contribution in [2.75, 3.05) is 26.2 Å². The molecular formula is C25H35N5O2S. The van der Waals surface area contributed by atoms with Crippen LogP contribution in [0.2, 0.25) is 0 Å². The molecule has 0 spiro atoms. The van der Waals surface area contributed by atoms with Gasteiger partial charge in [-0.3, -0.25) is 14.3 Å². The molecule has 2 atom stereocenters. The average molecular weight is 470 g/mol. The zero-order valence-electron chi connectivity index (χ0n) is 19.7. The monoisotopic (exact) mass is 469 g/mol. The van der Waals surface area contributed by atoms with E-state index in [1.54, 1.807) is 0 Å². The maximum absolute atomic E-state index is 13.1. The molecule has 178 valence electrons. The van der Waals surface area contributed by atoms with Crippen molar-refractivity contribution in [3.05, 3.63) is 46.5 Å². The molecule has 3 fully saturated rings. The Morgan fingerprint density at radius 2 is 1.73 bits per heavy atom. The Hall–Kier alpha value is -2.03. The summed E-state index contributed by atoms with van der Waals surface area (Å²) in [7, 11) is 0. The molecule has 2 unspecified atom stereocenters. The second-order valence-corrected chi connectivity index (χ2v) is 10.4. The number of carbonyl (C=O) groups excluding carboxylic acids is 1. The van der Waals surface area contributed by atoms with Gasteiger partial charge in [0.25, 0.3) is 0 Å². The molecule has 3 heterocycles. The third-order valence-corrected chi connectivity index (χ3v) is 7.51. The number of hydrogen-bond donors (Lipinski definition) is 0. The first-order valence-corrected chi connectivity index (χ1v) is 12.8. The van der Waals surface area contributed by atoms with Crippen LogP contribution in [0.3, 0.4) is 0 Å². The van der Waals surface area contributed by atoms with Gasteiger partial charge in [-0.05, 0) is 57.3 Å². The third-order valence-electron chi connectivity index (χ3n) is 7.08. The van der Waals surface area contributed by atoms with Crippen molar-refractivity contribution >= 4 is 18.1 Å². The molecule has 0 N–H and O–H groups in total. The normalized spacial score (nSPS) is 24.8. The Morgan fingerprint density at radius 3 is 2.36 bits per heavy atom. The molecule has 0 radical (unpaired) electrons. The van der Waals surface area contributed by atoms with Gasteiger partial charge < -0.3 is 9.64 Å². The van der Waals surface area contributed by atoms with Crippen LogP contribution in [0.1, 0.15) is 56.8 Å². The Kier molecular flexibility index (Phi) is 6.67. The second-order valence-electron chi connectivity index (χ2n) is 10.0. The van der Waals surface area contributed by atoms with Crippen molar-refractivity contribution in [1.29, 1.82) is 0 Å². The van der Waals surface area contributed by atoms with Gasteiger partial charge in [0, 0.05) is 38.0 Å². The smallest absolute Gasteiger partial charge is 0.225 e. The zero-order valence-corrected chi connectivity index (χ0v) is 20.5. The molecule has 0 bridgehead atoms. The molecular weight excluding hydrogens is 434 g/mol. The minimum Gasteiger partial charge on any atom is -0.372 e. The fourth-order valence-electron chi connectivity index (χ4n) is 5.23. The van der Waals surface area contributed by atoms with Crippen molar-refractivity contribution in [3.63, 3.8) is 0 Å². The van der Waals surface area contributed by atoms with E-state index in [0.717, 1.165) is 43.1 Å². The van der Waals surface area contributed by atoms with Crippen LogP contribution in [0.25, 0.3) is 0 Å². The predicted octanol–water partition coefficient (Wildman–Crippen LogP) is 3.65. The van der Waals surface area contributed by atoms with E-state index in [1.807, 2.05) is 15.6 Å². The van der Waals surface area contributed by atoms with Crippen LogP contribution in [0, 0.1) is 10.7 Å². The summed E-state index contributed by atoms with van der Waals surface area (Å²) >= 11 is 5.86. The molecule has 1 amide bonds. The standard InChI is InChI=1S/C25H35N5O2S/c1-18-14-28(15-19(2)32-18)24(31)22-10-12-27(13-11-22)17-30-25(33)29(23(26-30)21-8-9-21)16-20-6-4-3-5-7-20/h3-7,18-19,21-22H,8-17H2,1-2H3. The van der Waals surface area contributed by atoms with Crippen molar-refractivity contribution < 1.29 is 9.53 Å². The maximum atomic E-state index is 13.1. The lowest BCUT2D eigenvalue weighted by Gasteiger charge is -2.39. The van der Waals surface area contributed by atoms with E-state index in [4.69, 9.17) is 22.1 Å². The first-order valence-electron chi connectivity index (χ1n) is 12.4. The molecule has 8 heteroatoms. The number of likely N-dealkylation sites (tertiary alicyclic amines) is 1. The molecule has 33 heavy (non-hydrogen) atoms. The SMILES string of the molecule is CC1CN(C(=O)C2CCN(Cn3nc(C4CC4)n(Cc4ccccc4)c3=S)CC2)CC(C)O1. The van der Waals surface area contributed by atoms with Gasteiger partial charge in [-0.25, -0.2) is 4.68 Å². The van der Waals surface area contributed by atoms with E-state index in [0.29, 0.717) is 31.6 Å². The molecule has 2 aliphatic heterocycles. The van der Waals surface area contributed by atoms with Gasteiger partial charge in [0.05, 0.1) is 25.4 Å². The van der Waals surface area contributed by atoms with E-state index >= 15 is 0 Å². The highest BCUT2D eigenvalue weighted by molar-refractivity contribution is 7.71. The number of ether oxygens (including phenoxy) is 1. The number of morpholine rings is 1. The first kappa shape index (κ1) is 22.7. The van der Waals surface area contributed by atoms with Gasteiger partial charge >= 0.3 is 0 Å². The van der Waals surface area contributed by atoms with Crippen molar-refractivity contribution in [3.8, 4) is 0 Å². The average Bonchev–Trinajstić information content (AvgIpc) is 3.61. The summed E-state index contributed by atoms with van der Waals surface area (Å²) < 4.78 is 10.8. The quantitative estimate of drug-likeness (QED) is 0.605. The molecule has 7 nitrogen and oxygen atoms in total. The van der Waals surface area contributed by atoms with Gasteiger partial charge in [-0.15, -0.1) is 0 Å². The van der Waals surface area contributed by atoms with Crippen LogP contribution < -0.4 is 0 Å². The number of aromatic nitrogens is 3. The van der Waals surface area contributed by atoms with Crippen molar-refractivity contribution in [2.24, 2.45) is 5.92 Å². The van der Waals surface area contributed by atoms with Crippen LogP contribution in [0.4, 0.5) is 0 Å². The Bertz CT molecular complexity index is 1010. The number of piperidine rings is 1. The molecule has 2 saturated heterocycles. The van der Waals surface area contributed by atoms with E-state index in [-0.39, 0.29) is 18.1 Å². The minimum atomic E-state index is 0.115. The first-order chi connectivity index (χ1) is 16.0. The minimum absolute atomic E-state index is 0.115. The number of carbonyl (C=O) groups is 1. The lowest BCUT2D eigenvalue weighted by Crippen LogP contribution is -2.51. The Labute approximate surface area is 201 Å². The topological polar surface area (TPSA) is 55.5 Å². The predicted molar refractivity (Wildman–Crippen MR) is 129 cm³/mol. The van der Waals surface area contributed by atoms with Gasteiger partial charge in [0.1, 0.15) is 5.82 Å². The summed E-state index contributed by atoms with van der Waals surface area (Å²) in [6, 6.07) is 10.5. The number of rotatable bonds is 6. The third kappa shape index (κ3) is 5.23. The molecule has 3 aliphatic rings. The lowest BCUT2D eigenvalue weighted by molar-refractivity contribution is -0.149. The van der Waals surface area contributed by atoms with Gasteiger partial charge in [0.15, 0.2) is 4.77 Å². The van der Waals surface area contributed by atoms with Crippen LogP contribution in [-0.2, 0) is 22.7 Å². The van der Waals surface area contributed by atoms with E-state index in [1.165, 1.54) is 18.4 Å². The molecule has 1 saturated carbocycles. The van der Waals surface area contributed by atoms with E-state index in [2.05, 4.69) is 47.6 Å². The molecule has 2 aromatic rings. The number of benzene rings is 1. The fourth-order valence-corrected chi connectivity index (χ4v) is 5.49. The highest BCUT2D eigenvalue weighted by atomic mass is 32.1. The highest BCUT2D eigenvalue weighted by Gasteiger charge is 2.34. The molecule has 5 rings (SSSR count). The summed E-state index contributed by atoms with van der Waals surface area (Å²) in [5, 5.41) is 4.95. The summed E-state index contributed by atoms with van der Waals surface area (Å²) in [4.78, 5) is 17.5. The Morgan fingerprint density at radius 1 is 1.06 bits per heavy atom. The zero-order chi connectivity index (χ0) is 22.9. The number of hydrogen-bond acceptors (Lipinski definition) is 5. The van der Waals surface area contributed by atoms with Crippen molar-refractivity contribution in [1.82, 2.24) is 24.1 Å². The largest absolute Gasteiger partial charge is 0.372 e. The van der Waals surface area contributed by atoms with Crippen LogP contribution in [-0.4, -0.2) is 68.4 Å². The van der Waals surface area contributed by atoms with Gasteiger partial charge in [0.2, 0.25) is 5.91 Å². The second kappa shape index (κ2) is 9.68. The number of amides is 1. The van der Waals surface area contributed by atoms with E-state index < -0.39 is 0 Å². The van der Waals surface area contributed by atoms with Crippen LogP contribution in [0.5, 0.6) is 0 Å².